The summed E-state index contributed by atoms with van der Waals surface area (Å²) in [7, 11) is 0. The van der Waals surface area contributed by atoms with Crippen molar-refractivity contribution in [2.24, 2.45) is 5.92 Å². The summed E-state index contributed by atoms with van der Waals surface area (Å²) >= 11 is 0. The van der Waals surface area contributed by atoms with Gasteiger partial charge in [0, 0.05) is 25.6 Å². The number of nitrogens with one attached hydrogen (secondary N) is 2. The third-order valence-corrected chi connectivity index (χ3v) is 4.94. The predicted octanol–water partition coefficient (Wildman–Crippen LogP) is 3.33. The third kappa shape index (κ3) is 4.72. The minimum Gasteiger partial charge on any atom is -0.327 e. The first kappa shape index (κ1) is 21.6. The van der Waals surface area contributed by atoms with Gasteiger partial charge in [-0.3, -0.25) is 14.4 Å². The molecular weight excluding hydrogens is 399 g/mol. The van der Waals surface area contributed by atoms with Crippen LogP contribution in [-0.2, 0) is 28.7 Å². The molecule has 1 unspecified atom stereocenters. The van der Waals surface area contributed by atoms with Crippen LogP contribution >= 0.6 is 0 Å². The average Bonchev–Trinajstić information content (AvgIpc) is 2.67. The maximum Gasteiger partial charge on any atom is 0.417 e. The molecule has 160 valence electrons. The van der Waals surface area contributed by atoms with Gasteiger partial charge in [0.15, 0.2) is 0 Å². The van der Waals surface area contributed by atoms with Gasteiger partial charge in [0.05, 0.1) is 5.56 Å². The zero-order valence-electron chi connectivity index (χ0n) is 16.5. The average molecular weight is 421 g/mol. The Labute approximate surface area is 171 Å². The number of alkyl halides is 3. The highest BCUT2D eigenvalue weighted by Crippen LogP contribution is 2.30. The number of aromatic nitrogens is 1. The van der Waals surface area contributed by atoms with Crippen molar-refractivity contribution in [1.29, 1.82) is 0 Å². The number of anilines is 1. The SMILES string of the molecule is CC(C)CC(=O)N1Cc2ccccc2CC1C(=O)Nc1cc(C(F)(F)F)c[nH]c1=O. The van der Waals surface area contributed by atoms with Gasteiger partial charge in [-0.05, 0) is 23.1 Å². The fraction of sp³-hybridized carbons (Fsp3) is 0.381. The van der Waals surface area contributed by atoms with Gasteiger partial charge in [-0.1, -0.05) is 38.1 Å². The minimum atomic E-state index is -4.67. The number of nitrogens with zero attached hydrogens (tertiary/aromatic N) is 1. The number of carbonyl (C=O) groups is 2. The van der Waals surface area contributed by atoms with Crippen molar-refractivity contribution in [3.05, 3.63) is 63.6 Å². The van der Waals surface area contributed by atoms with E-state index in [-0.39, 0.29) is 31.2 Å². The standard InChI is InChI=1S/C21H22F3N3O3/c1-12(2)7-18(28)27-11-14-6-4-3-5-13(14)8-17(27)20(30)26-16-9-15(21(22,23)24)10-25-19(16)29/h3-6,9-10,12,17H,7-8,11H2,1-2H3,(H,25,29)(H,26,30). The topological polar surface area (TPSA) is 82.3 Å². The zero-order valence-corrected chi connectivity index (χ0v) is 16.5. The van der Waals surface area contributed by atoms with Crippen molar-refractivity contribution < 1.29 is 22.8 Å². The number of amides is 2. The first-order chi connectivity index (χ1) is 14.1. The van der Waals surface area contributed by atoms with E-state index < -0.39 is 34.9 Å². The highest BCUT2D eigenvalue weighted by Gasteiger charge is 2.36. The molecule has 2 N–H and O–H groups in total. The maximum atomic E-state index is 13.0. The van der Waals surface area contributed by atoms with Gasteiger partial charge in [-0.2, -0.15) is 13.2 Å². The molecule has 1 aliphatic heterocycles. The number of benzene rings is 1. The summed E-state index contributed by atoms with van der Waals surface area (Å²) in [6, 6.07) is 7.03. The lowest BCUT2D eigenvalue weighted by molar-refractivity contribution is -0.140. The Kier molecular flexibility index (Phi) is 6.00. The largest absolute Gasteiger partial charge is 0.417 e. The second-order valence-electron chi connectivity index (χ2n) is 7.73. The number of rotatable bonds is 4. The van der Waals surface area contributed by atoms with E-state index in [1.807, 2.05) is 43.1 Å². The number of fused-ring (bicyclic) bond motifs is 1. The van der Waals surface area contributed by atoms with Crippen LogP contribution in [0, 0.1) is 5.92 Å². The van der Waals surface area contributed by atoms with E-state index in [4.69, 9.17) is 0 Å². The summed E-state index contributed by atoms with van der Waals surface area (Å²) in [4.78, 5) is 41.1. The number of H-pyrrole nitrogens is 1. The Bertz CT molecular complexity index is 1010. The molecule has 0 saturated heterocycles. The van der Waals surface area contributed by atoms with Gasteiger partial charge in [-0.15, -0.1) is 0 Å². The second kappa shape index (κ2) is 8.33. The number of halogens is 3. The summed E-state index contributed by atoms with van der Waals surface area (Å²) in [6.45, 7) is 3.98. The Morgan fingerprint density at radius 2 is 1.90 bits per heavy atom. The molecule has 0 bridgehead atoms. The highest BCUT2D eigenvalue weighted by molar-refractivity contribution is 5.97. The lowest BCUT2D eigenvalue weighted by Gasteiger charge is -2.36. The number of hydrogen-bond acceptors (Lipinski definition) is 3. The number of hydrogen-bond donors (Lipinski definition) is 2. The van der Waals surface area contributed by atoms with Crippen LogP contribution in [0.25, 0.3) is 0 Å². The van der Waals surface area contributed by atoms with E-state index in [0.29, 0.717) is 12.3 Å². The number of aromatic amines is 1. The predicted molar refractivity (Wildman–Crippen MR) is 105 cm³/mol. The molecule has 1 atom stereocenters. The van der Waals surface area contributed by atoms with E-state index in [2.05, 4.69) is 5.32 Å². The summed E-state index contributed by atoms with van der Waals surface area (Å²) in [5, 5.41) is 2.28. The van der Waals surface area contributed by atoms with E-state index in [0.717, 1.165) is 11.1 Å². The Balaban J connectivity index is 1.90. The van der Waals surface area contributed by atoms with Crippen LogP contribution < -0.4 is 10.9 Å². The van der Waals surface area contributed by atoms with Gasteiger partial charge >= 0.3 is 6.18 Å². The molecule has 0 radical (unpaired) electrons. The molecule has 0 spiro atoms. The van der Waals surface area contributed by atoms with Crippen molar-refractivity contribution in [3.63, 3.8) is 0 Å². The Morgan fingerprint density at radius 1 is 1.23 bits per heavy atom. The first-order valence-electron chi connectivity index (χ1n) is 9.53. The molecule has 1 aliphatic rings. The fourth-order valence-corrected chi connectivity index (χ4v) is 3.44. The molecule has 2 amide bonds. The molecule has 9 heteroatoms. The van der Waals surface area contributed by atoms with Gasteiger partial charge < -0.3 is 15.2 Å². The van der Waals surface area contributed by atoms with Crippen molar-refractivity contribution in [2.75, 3.05) is 5.32 Å². The normalized spacial score (nSPS) is 16.3. The summed E-state index contributed by atoms with van der Waals surface area (Å²) in [5.41, 5.74) is -0.656. The number of carbonyl (C=O) groups excluding carboxylic acids is 2. The van der Waals surface area contributed by atoms with E-state index in [1.54, 1.807) is 0 Å². The van der Waals surface area contributed by atoms with Gasteiger partial charge in [0.25, 0.3) is 5.56 Å². The summed E-state index contributed by atoms with van der Waals surface area (Å²) in [5.74, 6) is -0.853. The quantitative estimate of drug-likeness (QED) is 0.795. The Hall–Kier alpha value is -3.10. The van der Waals surface area contributed by atoms with Crippen LogP contribution in [0.15, 0.2) is 41.3 Å². The van der Waals surface area contributed by atoms with E-state index >= 15 is 0 Å². The van der Waals surface area contributed by atoms with E-state index in [1.165, 1.54) is 4.90 Å². The molecular formula is C21H22F3N3O3. The molecule has 0 fully saturated rings. The van der Waals surface area contributed by atoms with Crippen LogP contribution in [0.1, 0.15) is 37.0 Å². The number of pyridine rings is 1. The lowest BCUT2D eigenvalue weighted by Crippen LogP contribution is -2.51. The summed E-state index contributed by atoms with van der Waals surface area (Å²) < 4.78 is 38.9. The van der Waals surface area contributed by atoms with Crippen LogP contribution in [0.5, 0.6) is 0 Å². The third-order valence-electron chi connectivity index (χ3n) is 4.94. The minimum absolute atomic E-state index is 0.0738. The van der Waals surface area contributed by atoms with Crippen LogP contribution in [0.3, 0.4) is 0 Å². The molecule has 2 heterocycles. The molecule has 0 aliphatic carbocycles. The maximum absolute atomic E-state index is 13.0. The smallest absolute Gasteiger partial charge is 0.327 e. The second-order valence-corrected chi connectivity index (χ2v) is 7.73. The molecule has 3 rings (SSSR count). The van der Waals surface area contributed by atoms with Crippen molar-refractivity contribution in [3.8, 4) is 0 Å². The van der Waals surface area contributed by atoms with Gasteiger partial charge in [0.1, 0.15) is 11.7 Å². The monoisotopic (exact) mass is 421 g/mol. The van der Waals surface area contributed by atoms with Gasteiger partial charge in [0.2, 0.25) is 11.8 Å². The van der Waals surface area contributed by atoms with Crippen molar-refractivity contribution in [2.45, 2.75) is 45.5 Å². The molecule has 1 aromatic carbocycles. The van der Waals surface area contributed by atoms with Gasteiger partial charge in [-0.25, -0.2) is 0 Å². The Morgan fingerprint density at radius 3 is 2.53 bits per heavy atom. The van der Waals surface area contributed by atoms with Crippen molar-refractivity contribution in [1.82, 2.24) is 9.88 Å². The molecule has 0 saturated carbocycles. The van der Waals surface area contributed by atoms with Crippen molar-refractivity contribution >= 4 is 17.5 Å². The lowest BCUT2D eigenvalue weighted by atomic mass is 9.92. The van der Waals surface area contributed by atoms with Crippen LogP contribution in [-0.4, -0.2) is 27.7 Å². The first-order valence-corrected chi connectivity index (χ1v) is 9.53. The molecule has 30 heavy (non-hydrogen) atoms. The zero-order chi connectivity index (χ0) is 22.1. The fourth-order valence-electron chi connectivity index (χ4n) is 3.44. The molecule has 1 aromatic heterocycles. The summed E-state index contributed by atoms with van der Waals surface area (Å²) in [6.07, 6.45) is -3.68. The van der Waals surface area contributed by atoms with Crippen LogP contribution in [0.2, 0.25) is 0 Å². The highest BCUT2D eigenvalue weighted by atomic mass is 19.4. The molecule has 2 aromatic rings. The van der Waals surface area contributed by atoms with E-state index in [9.17, 15) is 27.6 Å². The molecule has 6 nitrogen and oxygen atoms in total. The van der Waals surface area contributed by atoms with Crippen LogP contribution in [0.4, 0.5) is 18.9 Å².